The molecule has 0 bridgehead atoms. The van der Waals surface area contributed by atoms with E-state index in [-0.39, 0.29) is 0 Å². The Labute approximate surface area is 118 Å². The van der Waals surface area contributed by atoms with E-state index in [9.17, 15) is 0 Å². The van der Waals surface area contributed by atoms with Crippen molar-refractivity contribution in [2.45, 2.75) is 39.5 Å². The average molecular weight is 263 g/mol. The molecule has 0 aliphatic heterocycles. The van der Waals surface area contributed by atoms with E-state index in [1.807, 2.05) is 7.05 Å². The highest BCUT2D eigenvalue weighted by atomic mass is 16.5. The van der Waals surface area contributed by atoms with Crippen LogP contribution in [-0.2, 0) is 11.2 Å². The molecular formula is C17H29NO. The lowest BCUT2D eigenvalue weighted by atomic mass is 9.94. The fourth-order valence-corrected chi connectivity index (χ4v) is 2.31. The van der Waals surface area contributed by atoms with Gasteiger partial charge in [-0.05, 0) is 56.8 Å². The van der Waals surface area contributed by atoms with Gasteiger partial charge < -0.3 is 10.1 Å². The Balaban J connectivity index is 2.37. The second-order valence-electron chi connectivity index (χ2n) is 5.31. The van der Waals surface area contributed by atoms with Gasteiger partial charge in [0.25, 0.3) is 0 Å². The number of hydrogen-bond acceptors (Lipinski definition) is 2. The van der Waals surface area contributed by atoms with Crippen molar-refractivity contribution in [3.63, 3.8) is 0 Å². The van der Waals surface area contributed by atoms with Crippen LogP contribution in [0.1, 0.15) is 37.3 Å². The number of nitrogens with one attached hydrogen (secondary N) is 1. The fraction of sp³-hybridized carbons (Fsp3) is 0.647. The predicted octanol–water partition coefficient (Wildman–Crippen LogP) is 3.58. The summed E-state index contributed by atoms with van der Waals surface area (Å²) in [5.41, 5.74) is 2.87. The van der Waals surface area contributed by atoms with E-state index >= 15 is 0 Å². The first-order valence-corrected chi connectivity index (χ1v) is 7.54. The van der Waals surface area contributed by atoms with Crippen LogP contribution < -0.4 is 5.32 Å². The minimum atomic E-state index is 0.660. The van der Waals surface area contributed by atoms with Gasteiger partial charge in [0.05, 0.1) is 0 Å². The molecule has 1 unspecified atom stereocenters. The van der Waals surface area contributed by atoms with Gasteiger partial charge in [-0.2, -0.15) is 0 Å². The number of unbranched alkanes of at least 4 members (excludes halogenated alkanes) is 1. The fourth-order valence-electron chi connectivity index (χ4n) is 2.31. The molecule has 1 aromatic carbocycles. The first kappa shape index (κ1) is 16.2. The molecule has 1 N–H and O–H groups in total. The van der Waals surface area contributed by atoms with Crippen molar-refractivity contribution >= 4 is 0 Å². The first-order valence-electron chi connectivity index (χ1n) is 7.54. The molecule has 0 amide bonds. The van der Waals surface area contributed by atoms with Crippen LogP contribution in [0.25, 0.3) is 0 Å². The highest BCUT2D eigenvalue weighted by Crippen LogP contribution is 2.15. The molecule has 0 saturated heterocycles. The molecular weight excluding hydrogens is 234 g/mol. The monoisotopic (exact) mass is 263 g/mol. The Morgan fingerprint density at radius 3 is 2.68 bits per heavy atom. The summed E-state index contributed by atoms with van der Waals surface area (Å²) in [5.74, 6) is 0.660. The molecule has 0 heterocycles. The van der Waals surface area contributed by atoms with Crippen molar-refractivity contribution in [3.05, 3.63) is 35.4 Å². The van der Waals surface area contributed by atoms with Gasteiger partial charge in [-0.25, -0.2) is 0 Å². The lowest BCUT2D eigenvalue weighted by Crippen LogP contribution is -2.22. The maximum Gasteiger partial charge on any atom is 0.0469 e. The second-order valence-corrected chi connectivity index (χ2v) is 5.31. The van der Waals surface area contributed by atoms with E-state index in [1.54, 1.807) is 0 Å². The van der Waals surface area contributed by atoms with Gasteiger partial charge in [0.2, 0.25) is 0 Å². The Kier molecular flexibility index (Phi) is 8.52. The molecule has 1 rings (SSSR count). The minimum Gasteiger partial charge on any atom is -0.381 e. The molecule has 0 aliphatic rings. The van der Waals surface area contributed by atoms with E-state index in [0.29, 0.717) is 5.92 Å². The quantitative estimate of drug-likeness (QED) is 0.651. The molecule has 108 valence electrons. The van der Waals surface area contributed by atoms with E-state index in [0.717, 1.165) is 32.6 Å². The van der Waals surface area contributed by atoms with Crippen LogP contribution in [0.5, 0.6) is 0 Å². The SMILES string of the molecule is CCCCOCCC(CNC)Cc1ccccc1C. The Morgan fingerprint density at radius 2 is 2.00 bits per heavy atom. The van der Waals surface area contributed by atoms with Crippen LogP contribution in [0, 0.1) is 12.8 Å². The molecule has 0 aromatic heterocycles. The zero-order valence-corrected chi connectivity index (χ0v) is 12.7. The highest BCUT2D eigenvalue weighted by molar-refractivity contribution is 5.25. The van der Waals surface area contributed by atoms with Crippen molar-refractivity contribution in [3.8, 4) is 0 Å². The second kappa shape index (κ2) is 9.99. The molecule has 0 saturated carbocycles. The molecule has 0 radical (unpaired) electrons. The summed E-state index contributed by atoms with van der Waals surface area (Å²) in [4.78, 5) is 0. The van der Waals surface area contributed by atoms with Gasteiger partial charge in [0.1, 0.15) is 0 Å². The van der Waals surface area contributed by atoms with Gasteiger partial charge in [-0.3, -0.25) is 0 Å². The number of rotatable bonds is 10. The van der Waals surface area contributed by atoms with E-state index in [4.69, 9.17) is 4.74 Å². The summed E-state index contributed by atoms with van der Waals surface area (Å²) in [6.07, 6.45) is 4.67. The molecule has 2 heteroatoms. The third-order valence-corrected chi connectivity index (χ3v) is 3.58. The van der Waals surface area contributed by atoms with Gasteiger partial charge in [-0.15, -0.1) is 0 Å². The van der Waals surface area contributed by atoms with Gasteiger partial charge in [-0.1, -0.05) is 37.6 Å². The van der Waals surface area contributed by atoms with Crippen molar-refractivity contribution in [1.29, 1.82) is 0 Å². The van der Waals surface area contributed by atoms with Crippen LogP contribution in [0.15, 0.2) is 24.3 Å². The van der Waals surface area contributed by atoms with E-state index in [2.05, 4.69) is 43.4 Å². The van der Waals surface area contributed by atoms with Gasteiger partial charge in [0.15, 0.2) is 0 Å². The standard InChI is InChI=1S/C17H29NO/c1-4-5-11-19-12-10-16(14-18-3)13-17-9-7-6-8-15(17)2/h6-9,16,18H,4-5,10-14H2,1-3H3. The topological polar surface area (TPSA) is 21.3 Å². The minimum absolute atomic E-state index is 0.660. The van der Waals surface area contributed by atoms with Crippen molar-refractivity contribution in [2.24, 2.45) is 5.92 Å². The van der Waals surface area contributed by atoms with Crippen molar-refractivity contribution < 1.29 is 4.74 Å². The normalized spacial score (nSPS) is 12.6. The molecule has 1 aromatic rings. The van der Waals surface area contributed by atoms with Crippen LogP contribution >= 0.6 is 0 Å². The van der Waals surface area contributed by atoms with Crippen LogP contribution in [-0.4, -0.2) is 26.8 Å². The van der Waals surface area contributed by atoms with E-state index < -0.39 is 0 Å². The molecule has 1 atom stereocenters. The largest absolute Gasteiger partial charge is 0.381 e. The zero-order valence-electron chi connectivity index (χ0n) is 12.7. The van der Waals surface area contributed by atoms with Crippen LogP contribution in [0.4, 0.5) is 0 Å². The summed E-state index contributed by atoms with van der Waals surface area (Å²) in [6, 6.07) is 8.69. The molecule has 2 nitrogen and oxygen atoms in total. The number of benzene rings is 1. The van der Waals surface area contributed by atoms with Gasteiger partial charge in [0, 0.05) is 13.2 Å². The molecule has 19 heavy (non-hydrogen) atoms. The van der Waals surface area contributed by atoms with Crippen molar-refractivity contribution in [2.75, 3.05) is 26.8 Å². The van der Waals surface area contributed by atoms with E-state index in [1.165, 1.54) is 24.0 Å². The maximum atomic E-state index is 5.69. The smallest absolute Gasteiger partial charge is 0.0469 e. The van der Waals surface area contributed by atoms with Crippen LogP contribution in [0.2, 0.25) is 0 Å². The number of aryl methyl sites for hydroxylation is 1. The molecule has 0 fully saturated rings. The number of ether oxygens (including phenoxy) is 1. The Bertz CT molecular complexity index is 338. The average Bonchev–Trinajstić information content (AvgIpc) is 2.41. The lowest BCUT2D eigenvalue weighted by Gasteiger charge is -2.18. The summed E-state index contributed by atoms with van der Waals surface area (Å²) in [6.45, 7) is 7.26. The first-order chi connectivity index (χ1) is 9.27. The number of hydrogen-bond donors (Lipinski definition) is 1. The van der Waals surface area contributed by atoms with Crippen molar-refractivity contribution in [1.82, 2.24) is 5.32 Å². The Hall–Kier alpha value is -0.860. The maximum absolute atomic E-state index is 5.69. The summed E-state index contributed by atoms with van der Waals surface area (Å²) in [7, 11) is 2.03. The summed E-state index contributed by atoms with van der Waals surface area (Å²) >= 11 is 0. The third-order valence-electron chi connectivity index (χ3n) is 3.58. The van der Waals surface area contributed by atoms with Gasteiger partial charge >= 0.3 is 0 Å². The summed E-state index contributed by atoms with van der Waals surface area (Å²) in [5, 5.41) is 3.30. The Morgan fingerprint density at radius 1 is 1.21 bits per heavy atom. The molecule has 0 spiro atoms. The lowest BCUT2D eigenvalue weighted by molar-refractivity contribution is 0.117. The molecule has 0 aliphatic carbocycles. The summed E-state index contributed by atoms with van der Waals surface area (Å²) < 4.78 is 5.69. The third kappa shape index (κ3) is 6.74. The zero-order chi connectivity index (χ0) is 13.9. The predicted molar refractivity (Wildman–Crippen MR) is 82.6 cm³/mol. The van der Waals surface area contributed by atoms with Crippen LogP contribution in [0.3, 0.4) is 0 Å². The highest BCUT2D eigenvalue weighted by Gasteiger charge is 2.10.